The molecule has 1 N–H and O–H groups in total. The summed E-state index contributed by atoms with van der Waals surface area (Å²) in [6.45, 7) is 2.68. The van der Waals surface area contributed by atoms with Crippen molar-refractivity contribution in [2.45, 2.75) is 32.4 Å². The highest BCUT2D eigenvalue weighted by molar-refractivity contribution is 5.93. The lowest BCUT2D eigenvalue weighted by Crippen LogP contribution is -2.48. The molecule has 0 bridgehead atoms. The molecular weight excluding hydrogens is 242 g/mol. The number of amides is 1. The number of alkyl halides is 2. The summed E-state index contributed by atoms with van der Waals surface area (Å²) in [4.78, 5) is 13.5. The van der Waals surface area contributed by atoms with Crippen LogP contribution >= 0.6 is 0 Å². The fraction of sp³-hybridized carbons (Fsp3) is 0.583. The van der Waals surface area contributed by atoms with Gasteiger partial charge >= 0.3 is 0 Å². The van der Waals surface area contributed by atoms with Crippen LogP contribution < -0.4 is 0 Å². The smallest absolute Gasteiger partial charge is 0.270 e. The highest BCUT2D eigenvalue weighted by Gasteiger charge is 2.29. The third-order valence-corrected chi connectivity index (χ3v) is 2.98. The van der Waals surface area contributed by atoms with Crippen LogP contribution in [0.1, 0.15) is 24.3 Å². The predicted octanol–water partition coefficient (Wildman–Crippen LogP) is 1.60. The number of likely N-dealkylation sites (N-methyl/N-ethyl adjacent to an activating group) is 1. The molecule has 1 aromatic rings. The zero-order valence-corrected chi connectivity index (χ0v) is 10.7. The third kappa shape index (κ3) is 3.07. The standard InChI is InChI=1S/C12H18F2N2O2/c1-12(2,8-17)15(3)11(18)9-5-4-6-16(9)7-10(13)14/h4-6,10,17H,7-8H2,1-3H3. The molecule has 0 saturated heterocycles. The van der Waals surface area contributed by atoms with Gasteiger partial charge in [0.05, 0.1) is 18.7 Å². The number of halogens is 2. The SMILES string of the molecule is CN(C(=O)c1cccn1CC(F)F)C(C)(C)CO. The molecule has 0 atom stereocenters. The first kappa shape index (κ1) is 14.6. The van der Waals surface area contributed by atoms with Crippen molar-refractivity contribution < 1.29 is 18.7 Å². The Hall–Kier alpha value is -1.43. The quantitative estimate of drug-likeness (QED) is 0.874. The van der Waals surface area contributed by atoms with Gasteiger partial charge in [0, 0.05) is 13.2 Å². The van der Waals surface area contributed by atoms with E-state index in [-0.39, 0.29) is 18.2 Å². The molecule has 1 amide bonds. The van der Waals surface area contributed by atoms with E-state index in [4.69, 9.17) is 0 Å². The maximum atomic E-state index is 12.4. The minimum atomic E-state index is -2.51. The molecule has 0 aliphatic carbocycles. The molecule has 0 unspecified atom stereocenters. The summed E-state index contributed by atoms with van der Waals surface area (Å²) in [7, 11) is 1.54. The van der Waals surface area contributed by atoms with Crippen LogP contribution in [0.3, 0.4) is 0 Å². The van der Waals surface area contributed by atoms with Crippen molar-refractivity contribution in [3.63, 3.8) is 0 Å². The van der Waals surface area contributed by atoms with Crippen LogP contribution in [0.25, 0.3) is 0 Å². The lowest BCUT2D eigenvalue weighted by molar-refractivity contribution is 0.0457. The van der Waals surface area contributed by atoms with E-state index >= 15 is 0 Å². The zero-order valence-electron chi connectivity index (χ0n) is 10.7. The van der Waals surface area contributed by atoms with E-state index in [1.807, 2.05) is 0 Å². The number of aliphatic hydroxyl groups is 1. The number of carbonyl (C=O) groups is 1. The highest BCUT2D eigenvalue weighted by Crippen LogP contribution is 2.16. The number of aromatic nitrogens is 1. The Labute approximate surface area is 105 Å². The summed E-state index contributed by atoms with van der Waals surface area (Å²) in [5, 5.41) is 9.20. The van der Waals surface area contributed by atoms with Crippen molar-refractivity contribution in [2.75, 3.05) is 13.7 Å². The number of rotatable bonds is 5. The van der Waals surface area contributed by atoms with E-state index in [9.17, 15) is 18.7 Å². The molecule has 0 aromatic carbocycles. The molecule has 0 spiro atoms. The first-order valence-corrected chi connectivity index (χ1v) is 5.62. The molecule has 18 heavy (non-hydrogen) atoms. The van der Waals surface area contributed by atoms with Gasteiger partial charge in [-0.3, -0.25) is 4.79 Å². The topological polar surface area (TPSA) is 45.5 Å². The maximum Gasteiger partial charge on any atom is 0.270 e. The summed E-state index contributed by atoms with van der Waals surface area (Å²) in [6.07, 6.45) is -1.07. The average molecular weight is 260 g/mol. The monoisotopic (exact) mass is 260 g/mol. The van der Waals surface area contributed by atoms with E-state index < -0.39 is 18.5 Å². The molecule has 0 saturated carbocycles. The Balaban J connectivity index is 2.94. The van der Waals surface area contributed by atoms with Crippen molar-refractivity contribution in [1.29, 1.82) is 0 Å². The van der Waals surface area contributed by atoms with E-state index in [1.165, 1.54) is 28.8 Å². The van der Waals surface area contributed by atoms with Crippen LogP contribution in [0.4, 0.5) is 8.78 Å². The number of nitrogens with zero attached hydrogens (tertiary/aromatic N) is 2. The van der Waals surface area contributed by atoms with Crippen molar-refractivity contribution in [1.82, 2.24) is 9.47 Å². The molecule has 1 heterocycles. The highest BCUT2D eigenvalue weighted by atomic mass is 19.3. The van der Waals surface area contributed by atoms with Crippen molar-refractivity contribution in [3.05, 3.63) is 24.0 Å². The van der Waals surface area contributed by atoms with Crippen molar-refractivity contribution in [3.8, 4) is 0 Å². The maximum absolute atomic E-state index is 12.4. The summed E-state index contributed by atoms with van der Waals surface area (Å²) in [5.41, 5.74) is -0.545. The van der Waals surface area contributed by atoms with E-state index in [1.54, 1.807) is 19.9 Å². The van der Waals surface area contributed by atoms with Crippen LogP contribution in [0.2, 0.25) is 0 Å². The van der Waals surface area contributed by atoms with Crippen LogP contribution in [0.5, 0.6) is 0 Å². The van der Waals surface area contributed by atoms with Crippen molar-refractivity contribution >= 4 is 5.91 Å². The zero-order chi connectivity index (χ0) is 13.9. The Kier molecular flexibility index (Phi) is 4.45. The number of aliphatic hydroxyl groups excluding tert-OH is 1. The van der Waals surface area contributed by atoms with Crippen LogP contribution in [-0.4, -0.2) is 46.1 Å². The Bertz CT molecular complexity index is 416. The number of hydrogen-bond acceptors (Lipinski definition) is 2. The fourth-order valence-electron chi connectivity index (χ4n) is 1.47. The normalized spacial score (nSPS) is 11.9. The van der Waals surface area contributed by atoms with Crippen LogP contribution in [0, 0.1) is 0 Å². The summed E-state index contributed by atoms with van der Waals surface area (Å²) in [5.74, 6) is -0.389. The molecule has 0 radical (unpaired) electrons. The lowest BCUT2D eigenvalue weighted by atomic mass is 10.0. The van der Waals surface area contributed by atoms with Gasteiger partial charge in [-0.15, -0.1) is 0 Å². The van der Waals surface area contributed by atoms with Crippen LogP contribution in [-0.2, 0) is 6.54 Å². The van der Waals surface area contributed by atoms with Gasteiger partial charge in [-0.05, 0) is 26.0 Å². The Morgan fingerprint density at radius 3 is 2.67 bits per heavy atom. The minimum absolute atomic E-state index is 0.194. The summed E-state index contributed by atoms with van der Waals surface area (Å²) in [6, 6.07) is 3.05. The molecule has 1 aromatic heterocycles. The second kappa shape index (κ2) is 5.48. The largest absolute Gasteiger partial charge is 0.394 e. The molecule has 102 valence electrons. The van der Waals surface area contributed by atoms with Crippen LogP contribution in [0.15, 0.2) is 18.3 Å². The van der Waals surface area contributed by atoms with E-state index in [2.05, 4.69) is 0 Å². The first-order chi connectivity index (χ1) is 8.29. The molecule has 0 aliphatic heterocycles. The predicted molar refractivity (Wildman–Crippen MR) is 63.7 cm³/mol. The second-order valence-electron chi connectivity index (χ2n) is 4.77. The molecular formula is C12H18F2N2O2. The van der Waals surface area contributed by atoms with Gasteiger partial charge in [0.15, 0.2) is 0 Å². The number of carbonyl (C=O) groups excluding carboxylic acids is 1. The molecule has 0 aliphatic rings. The van der Waals surface area contributed by atoms with Gasteiger partial charge in [0.1, 0.15) is 5.69 Å². The number of hydrogen-bond donors (Lipinski definition) is 1. The average Bonchev–Trinajstić information content (AvgIpc) is 2.74. The van der Waals surface area contributed by atoms with Gasteiger partial charge in [-0.2, -0.15) is 0 Å². The van der Waals surface area contributed by atoms with Gasteiger partial charge < -0.3 is 14.6 Å². The molecule has 4 nitrogen and oxygen atoms in total. The van der Waals surface area contributed by atoms with Crippen molar-refractivity contribution in [2.24, 2.45) is 0 Å². The summed E-state index contributed by atoms with van der Waals surface area (Å²) < 4.78 is 25.9. The van der Waals surface area contributed by atoms with Gasteiger partial charge in [-0.1, -0.05) is 0 Å². The molecule has 0 fully saturated rings. The van der Waals surface area contributed by atoms with E-state index in [0.717, 1.165) is 0 Å². The Morgan fingerprint density at radius 1 is 1.56 bits per heavy atom. The Morgan fingerprint density at radius 2 is 2.17 bits per heavy atom. The molecule has 1 rings (SSSR count). The van der Waals surface area contributed by atoms with Gasteiger partial charge in [0.2, 0.25) is 0 Å². The van der Waals surface area contributed by atoms with E-state index in [0.29, 0.717) is 0 Å². The molecule has 6 heteroatoms. The van der Waals surface area contributed by atoms with Gasteiger partial charge in [-0.25, -0.2) is 8.78 Å². The fourth-order valence-corrected chi connectivity index (χ4v) is 1.47. The van der Waals surface area contributed by atoms with Gasteiger partial charge in [0.25, 0.3) is 12.3 Å². The first-order valence-electron chi connectivity index (χ1n) is 5.62. The third-order valence-electron chi connectivity index (χ3n) is 2.98. The lowest BCUT2D eigenvalue weighted by Gasteiger charge is -2.34. The summed E-state index contributed by atoms with van der Waals surface area (Å²) >= 11 is 0. The second-order valence-corrected chi connectivity index (χ2v) is 4.77. The minimum Gasteiger partial charge on any atom is -0.394 e.